The van der Waals surface area contributed by atoms with E-state index in [1.54, 1.807) is 34.9 Å². The monoisotopic (exact) mass is 330 g/mol. The Kier molecular flexibility index (Phi) is 2.96. The quantitative estimate of drug-likeness (QED) is 0.729. The first kappa shape index (κ1) is 12.7. The van der Waals surface area contributed by atoms with Crippen molar-refractivity contribution in [3.05, 3.63) is 58.4 Å². The van der Waals surface area contributed by atoms with Crippen LogP contribution in [-0.4, -0.2) is 9.67 Å². The molecule has 3 aromatic rings. The molecule has 0 amide bonds. The number of benzene rings is 2. The topological polar surface area (TPSA) is 49.0 Å². The second kappa shape index (κ2) is 4.66. The minimum absolute atomic E-state index is 0.0951. The number of phenols is 1. The fourth-order valence-corrected chi connectivity index (χ4v) is 2.89. The molecule has 98 valence electrons. The predicted molar refractivity (Wildman–Crippen MR) is 77.3 cm³/mol. The van der Waals surface area contributed by atoms with Crippen molar-refractivity contribution in [2.75, 3.05) is 0 Å². The Morgan fingerprint density at radius 3 is 2.50 bits per heavy atom. The molecule has 0 saturated heterocycles. The molecule has 0 aliphatic heterocycles. The lowest BCUT2D eigenvalue weighted by Crippen LogP contribution is -1.94. The Hall–Kier alpha value is -2.32. The molecule has 0 bridgehead atoms. The summed E-state index contributed by atoms with van der Waals surface area (Å²) >= 11 is 3.40. The molecule has 3 rings (SSSR count). The Labute approximate surface area is 122 Å². The van der Waals surface area contributed by atoms with Crippen LogP contribution in [0.2, 0.25) is 0 Å². The molecule has 1 aromatic heterocycles. The highest BCUT2D eigenvalue weighted by Gasteiger charge is 2.16. The highest BCUT2D eigenvalue weighted by atomic mass is 79.9. The summed E-state index contributed by atoms with van der Waals surface area (Å²) in [4.78, 5) is 0. The van der Waals surface area contributed by atoms with Gasteiger partial charge in [0.15, 0.2) is 0 Å². The maximum Gasteiger partial charge on any atom is 0.123 e. The smallest absolute Gasteiger partial charge is 0.123 e. The maximum atomic E-state index is 13.0. The first-order chi connectivity index (χ1) is 9.61. The van der Waals surface area contributed by atoms with E-state index in [1.165, 1.54) is 12.1 Å². The lowest BCUT2D eigenvalue weighted by molar-refractivity contribution is 0.476. The molecule has 20 heavy (non-hydrogen) atoms. The van der Waals surface area contributed by atoms with Crippen LogP contribution < -0.4 is 0 Å². The molecule has 5 heteroatoms. The molecule has 0 aliphatic carbocycles. The van der Waals surface area contributed by atoms with Crippen molar-refractivity contribution >= 4 is 26.8 Å². The highest BCUT2D eigenvalue weighted by molar-refractivity contribution is 9.10. The third kappa shape index (κ3) is 1.86. The Bertz CT molecular complexity index is 847. The van der Waals surface area contributed by atoms with Gasteiger partial charge in [0.1, 0.15) is 22.2 Å². The zero-order valence-electron chi connectivity index (χ0n) is 10.1. The number of hydrogen-bond acceptors (Lipinski definition) is 2. The van der Waals surface area contributed by atoms with E-state index in [9.17, 15) is 14.8 Å². The van der Waals surface area contributed by atoms with Gasteiger partial charge in [-0.25, -0.2) is 4.39 Å². The minimum atomic E-state index is -0.320. The van der Waals surface area contributed by atoms with Crippen molar-refractivity contribution in [3.63, 3.8) is 0 Å². The first-order valence-corrected chi connectivity index (χ1v) is 6.60. The van der Waals surface area contributed by atoms with Gasteiger partial charge < -0.3 is 9.67 Å². The third-order valence-electron chi connectivity index (χ3n) is 3.09. The van der Waals surface area contributed by atoms with E-state index in [0.717, 1.165) is 11.2 Å². The number of aromatic nitrogens is 1. The number of nitriles is 1. The fourth-order valence-electron chi connectivity index (χ4n) is 2.20. The molecule has 0 unspecified atom stereocenters. The Morgan fingerprint density at radius 2 is 1.85 bits per heavy atom. The normalized spacial score (nSPS) is 10.7. The lowest BCUT2D eigenvalue weighted by Gasteiger charge is -2.07. The van der Waals surface area contributed by atoms with Gasteiger partial charge in [-0.05, 0) is 58.4 Å². The van der Waals surface area contributed by atoms with Crippen LogP contribution in [0.25, 0.3) is 16.6 Å². The number of halogens is 2. The molecule has 2 aromatic carbocycles. The summed E-state index contributed by atoms with van der Waals surface area (Å²) in [5.41, 5.74) is 1.92. The maximum absolute atomic E-state index is 13.0. The number of nitrogens with zero attached hydrogens (tertiary/aromatic N) is 2. The van der Waals surface area contributed by atoms with Gasteiger partial charge in [0.2, 0.25) is 0 Å². The number of hydrogen-bond donors (Lipinski definition) is 1. The SMILES string of the molecule is N#Cc1c(Br)n(-c2ccc(F)cc2)c2ccc(O)cc12. The van der Waals surface area contributed by atoms with E-state index >= 15 is 0 Å². The van der Waals surface area contributed by atoms with Gasteiger partial charge in [0.05, 0.1) is 11.1 Å². The average molecular weight is 331 g/mol. The Balaban J connectivity index is 2.39. The van der Waals surface area contributed by atoms with Crippen LogP contribution in [-0.2, 0) is 0 Å². The largest absolute Gasteiger partial charge is 0.508 e. The van der Waals surface area contributed by atoms with Crippen molar-refractivity contribution in [3.8, 4) is 17.5 Å². The van der Waals surface area contributed by atoms with Crippen LogP contribution in [0.5, 0.6) is 5.75 Å². The van der Waals surface area contributed by atoms with Crippen LogP contribution in [0.3, 0.4) is 0 Å². The van der Waals surface area contributed by atoms with Crippen LogP contribution in [0.4, 0.5) is 4.39 Å². The van der Waals surface area contributed by atoms with E-state index in [4.69, 9.17) is 0 Å². The van der Waals surface area contributed by atoms with Gasteiger partial charge in [0, 0.05) is 11.1 Å². The zero-order chi connectivity index (χ0) is 14.3. The summed E-state index contributed by atoms with van der Waals surface area (Å²) < 4.78 is 15.4. The van der Waals surface area contributed by atoms with Crippen LogP contribution in [0, 0.1) is 17.1 Å². The number of aromatic hydroxyl groups is 1. The summed E-state index contributed by atoms with van der Waals surface area (Å²) in [6, 6.07) is 12.9. The Morgan fingerprint density at radius 1 is 1.15 bits per heavy atom. The van der Waals surface area contributed by atoms with Gasteiger partial charge in [-0.2, -0.15) is 5.26 Å². The molecular weight excluding hydrogens is 323 g/mol. The van der Waals surface area contributed by atoms with E-state index in [0.29, 0.717) is 15.6 Å². The summed E-state index contributed by atoms with van der Waals surface area (Å²) in [6.07, 6.45) is 0. The predicted octanol–water partition coefficient (Wildman–Crippen LogP) is 4.11. The number of fused-ring (bicyclic) bond motifs is 1. The summed E-state index contributed by atoms with van der Waals surface area (Å²) in [6.45, 7) is 0. The van der Waals surface area contributed by atoms with Gasteiger partial charge in [-0.1, -0.05) is 0 Å². The van der Waals surface area contributed by atoms with E-state index in [2.05, 4.69) is 22.0 Å². The van der Waals surface area contributed by atoms with Crippen LogP contribution in [0.15, 0.2) is 47.1 Å². The third-order valence-corrected chi connectivity index (χ3v) is 3.84. The van der Waals surface area contributed by atoms with Crippen molar-refractivity contribution in [2.24, 2.45) is 0 Å². The highest BCUT2D eigenvalue weighted by Crippen LogP contribution is 2.34. The molecule has 0 atom stereocenters. The van der Waals surface area contributed by atoms with Gasteiger partial charge in [-0.15, -0.1) is 0 Å². The van der Waals surface area contributed by atoms with Crippen molar-refractivity contribution in [2.45, 2.75) is 0 Å². The van der Waals surface area contributed by atoms with Crippen molar-refractivity contribution in [1.82, 2.24) is 4.57 Å². The first-order valence-electron chi connectivity index (χ1n) is 5.81. The van der Waals surface area contributed by atoms with Crippen molar-refractivity contribution in [1.29, 1.82) is 5.26 Å². The van der Waals surface area contributed by atoms with Gasteiger partial charge in [0.25, 0.3) is 0 Å². The zero-order valence-corrected chi connectivity index (χ0v) is 11.7. The second-order valence-electron chi connectivity index (χ2n) is 4.29. The van der Waals surface area contributed by atoms with Crippen LogP contribution in [0.1, 0.15) is 5.56 Å². The fraction of sp³-hybridized carbons (Fsp3) is 0. The van der Waals surface area contributed by atoms with E-state index in [-0.39, 0.29) is 11.6 Å². The molecule has 0 spiro atoms. The number of phenolic OH excluding ortho intramolecular Hbond substituents is 1. The van der Waals surface area contributed by atoms with Crippen LogP contribution >= 0.6 is 15.9 Å². The summed E-state index contributed by atoms with van der Waals surface area (Å²) in [7, 11) is 0. The van der Waals surface area contributed by atoms with Gasteiger partial charge >= 0.3 is 0 Å². The summed E-state index contributed by atoms with van der Waals surface area (Å²) in [5, 5.41) is 19.5. The molecule has 0 saturated carbocycles. The lowest BCUT2D eigenvalue weighted by atomic mass is 10.2. The standard InChI is InChI=1S/C15H8BrFN2O/c16-15-13(8-18)12-7-11(20)5-6-14(12)19(15)10-3-1-9(17)2-4-10/h1-7,20H. The molecule has 0 aliphatic rings. The van der Waals surface area contributed by atoms with E-state index < -0.39 is 0 Å². The number of rotatable bonds is 1. The van der Waals surface area contributed by atoms with Crippen molar-refractivity contribution < 1.29 is 9.50 Å². The van der Waals surface area contributed by atoms with Gasteiger partial charge in [-0.3, -0.25) is 0 Å². The average Bonchev–Trinajstić information content (AvgIpc) is 2.71. The molecule has 0 fully saturated rings. The molecule has 3 nitrogen and oxygen atoms in total. The molecule has 0 radical (unpaired) electrons. The summed E-state index contributed by atoms with van der Waals surface area (Å²) in [5.74, 6) is -0.225. The molecular formula is C15H8BrFN2O. The second-order valence-corrected chi connectivity index (χ2v) is 5.04. The van der Waals surface area contributed by atoms with E-state index in [1.807, 2.05) is 0 Å². The molecule has 1 N–H and O–H groups in total. The molecule has 1 heterocycles. The minimum Gasteiger partial charge on any atom is -0.508 e.